The minimum atomic E-state index is -3.63. The second-order valence-electron chi connectivity index (χ2n) is 0.500. The Bertz CT molecular complexity index is 102. The molecule has 0 saturated heterocycles. The molecule has 0 spiro atoms. The van der Waals surface area contributed by atoms with Crippen LogP contribution < -0.4 is 19.2 Å². The molecule has 0 rings (SSSR count). The molecule has 11 heteroatoms. The van der Waals surface area contributed by atoms with E-state index in [9.17, 15) is 0 Å². The van der Waals surface area contributed by atoms with Gasteiger partial charge in [0.1, 0.15) is 0 Å². The van der Waals surface area contributed by atoms with Gasteiger partial charge in [-0.25, -0.2) is 0 Å². The Kier molecular flexibility index (Phi) is 45.9. The molecular weight excluding hydrogens is 285 g/mol. The summed E-state index contributed by atoms with van der Waals surface area (Å²) in [5.41, 5.74) is 0. The zero-order chi connectivity index (χ0) is 9.15. The zero-order valence-electron chi connectivity index (χ0n) is 4.97. The fraction of sp³-hybridized carbons (Fsp3) is 0. The van der Waals surface area contributed by atoms with E-state index < -0.39 is 18.3 Å². The van der Waals surface area contributed by atoms with Gasteiger partial charge in [-0.3, -0.25) is 4.89 Å². The third-order valence-corrected chi connectivity index (χ3v) is 0. The smallest absolute Gasteiger partial charge is 0.672 e. The normalized spacial score (nSPS) is 4.55. The van der Waals surface area contributed by atoms with Gasteiger partial charge >= 0.3 is 26.2 Å². The maximum atomic E-state index is 8.52. The molecule has 0 aliphatic carbocycles. The molecule has 0 atom stereocenters. The van der Waals surface area contributed by atoms with Crippen LogP contribution in [0.3, 0.4) is 0 Å². The number of hydrogen-bond donors (Lipinski definition) is 0. The predicted octanol–water partition coefficient (Wildman–Crippen LogP) is -6.39. The molecule has 0 aliphatic heterocycles. The van der Waals surface area contributed by atoms with Gasteiger partial charge in [-0.1, -0.05) is 0 Å². The molecule has 0 heterocycles. The van der Waals surface area contributed by atoms with Crippen molar-refractivity contribution in [3.8, 4) is 0 Å². The molecule has 7 nitrogen and oxygen atoms in total. The van der Waals surface area contributed by atoms with Crippen LogP contribution in [0.4, 0.5) is 0 Å². The number of nitrogens with zero attached hydrogens (tertiary/aromatic N) is 1. The van der Waals surface area contributed by atoms with Crippen LogP contribution >= 0.6 is 0 Å². The van der Waals surface area contributed by atoms with Crippen molar-refractivity contribution in [1.82, 2.24) is 0 Å². The fourth-order valence-electron chi connectivity index (χ4n) is 0. The van der Waals surface area contributed by atoms with Crippen molar-refractivity contribution in [2.24, 2.45) is 0 Å². The first-order valence-electron chi connectivity index (χ1n) is 1.48. The van der Waals surface area contributed by atoms with Crippen molar-refractivity contribution < 1.29 is 54.3 Å². The van der Waals surface area contributed by atoms with Gasteiger partial charge < -0.3 is 28.1 Å². The predicted molar refractivity (Wildman–Crippen MR) is 21.8 cm³/mol. The van der Waals surface area contributed by atoms with E-state index in [1.807, 2.05) is 0 Å². The Morgan fingerprint density at radius 1 is 0.909 bits per heavy atom. The van der Waals surface area contributed by atoms with Crippen molar-refractivity contribution in [3.63, 3.8) is 0 Å². The van der Waals surface area contributed by atoms with Gasteiger partial charge in [0.05, 0.1) is 0 Å². The standard InChI is InChI=1S/HNSi.2O3Si.Zr/c1-2;2*1-4(2)3;/h2H;;;/q;2*-2;+4. The molecule has 0 aromatic heterocycles. The maximum absolute atomic E-state index is 8.52. The first kappa shape index (κ1) is 22.5. The minimum absolute atomic E-state index is 0. The van der Waals surface area contributed by atoms with Crippen LogP contribution in [0.1, 0.15) is 0 Å². The molecule has 0 saturated carbocycles. The van der Waals surface area contributed by atoms with Gasteiger partial charge in [-0.05, 0) is 0 Å². The summed E-state index contributed by atoms with van der Waals surface area (Å²) >= 11 is 0. The van der Waals surface area contributed by atoms with E-state index in [2.05, 4.69) is 0 Å². The first-order chi connectivity index (χ1) is 4.46. The topological polar surface area (TPSA) is 150 Å². The molecule has 0 aromatic carbocycles. The SMILES string of the molecule is N#[SiH].O=[Si]([O-])[O-].O=[Si]([O-])[O-].[Zr+4]. The van der Waals surface area contributed by atoms with Gasteiger partial charge in [0.25, 0.3) is 0 Å². The second-order valence-corrected chi connectivity index (χ2v) is 1.50. The van der Waals surface area contributed by atoms with Crippen LogP contribution in [-0.4, -0.2) is 28.2 Å². The van der Waals surface area contributed by atoms with E-state index in [4.69, 9.17) is 33.0 Å². The summed E-state index contributed by atoms with van der Waals surface area (Å²) in [4.78, 5) is 41.0. The Morgan fingerprint density at radius 3 is 0.909 bits per heavy atom. The van der Waals surface area contributed by atoms with Crippen LogP contribution in [0.25, 0.3) is 0 Å². The second kappa shape index (κ2) is 22.5. The van der Waals surface area contributed by atoms with E-state index in [0.29, 0.717) is 0 Å². The van der Waals surface area contributed by atoms with Crippen molar-refractivity contribution >= 4 is 28.2 Å². The minimum Gasteiger partial charge on any atom is -0.672 e. The van der Waals surface area contributed by atoms with E-state index in [0.717, 1.165) is 0 Å². The molecule has 0 bridgehead atoms. The molecular formula is HNO6Si3Zr. The monoisotopic (exact) mass is 285 g/mol. The summed E-state index contributed by atoms with van der Waals surface area (Å²) in [6.07, 6.45) is 0. The average Bonchev–Trinajstić information content (AvgIpc) is 1.66. The maximum Gasteiger partial charge on any atom is 4.00 e. The van der Waals surface area contributed by atoms with Crippen LogP contribution in [0.5, 0.6) is 0 Å². The third kappa shape index (κ3) is 339000. The van der Waals surface area contributed by atoms with E-state index >= 15 is 0 Å². The largest absolute Gasteiger partial charge is 4.00 e. The average molecular weight is 286 g/mol. The summed E-state index contributed by atoms with van der Waals surface area (Å²) in [5.74, 6) is 0. The van der Waals surface area contributed by atoms with Crippen LogP contribution in [-0.2, 0) is 35.1 Å². The molecule has 0 N–H and O–H groups in total. The first-order valence-corrected chi connectivity index (χ1v) is 4.45. The number of rotatable bonds is 0. The van der Waals surface area contributed by atoms with Crippen molar-refractivity contribution in [2.75, 3.05) is 0 Å². The number of hydrogen-bond acceptors (Lipinski definition) is 7. The summed E-state index contributed by atoms with van der Waals surface area (Å²) in [6, 6.07) is 0. The van der Waals surface area contributed by atoms with Crippen LogP contribution in [0.2, 0.25) is 0 Å². The van der Waals surface area contributed by atoms with E-state index in [1.54, 1.807) is 0 Å². The summed E-state index contributed by atoms with van der Waals surface area (Å²) in [7, 11) is -5.84. The molecule has 0 radical (unpaired) electrons. The quantitative estimate of drug-likeness (QED) is 0.402. The molecule has 0 amide bonds. The fourth-order valence-corrected chi connectivity index (χ4v) is 0. The van der Waals surface area contributed by atoms with Crippen LogP contribution in [0, 0.1) is 4.89 Å². The summed E-state index contributed by atoms with van der Waals surface area (Å²) in [5, 5.41) is 0. The molecule has 0 fully saturated rings. The Balaban J connectivity index is -0.0000000339. The molecule has 58 valence electrons. The van der Waals surface area contributed by atoms with Crippen molar-refractivity contribution in [3.05, 3.63) is 0 Å². The van der Waals surface area contributed by atoms with E-state index in [1.165, 1.54) is 9.88 Å². The van der Waals surface area contributed by atoms with Gasteiger partial charge in [0, 0.05) is 18.3 Å². The van der Waals surface area contributed by atoms with E-state index in [-0.39, 0.29) is 26.2 Å². The zero-order valence-corrected chi connectivity index (χ0v) is 10.6. The Morgan fingerprint density at radius 2 is 0.909 bits per heavy atom. The van der Waals surface area contributed by atoms with Crippen LogP contribution in [0.15, 0.2) is 0 Å². The molecule has 0 aliphatic rings. The Labute approximate surface area is 87.3 Å². The summed E-state index contributed by atoms with van der Waals surface area (Å²) in [6.45, 7) is 0. The molecule has 0 aromatic rings. The van der Waals surface area contributed by atoms with Gasteiger partial charge in [0.15, 0.2) is 9.88 Å². The third-order valence-electron chi connectivity index (χ3n) is 0. The summed E-state index contributed by atoms with van der Waals surface area (Å²) < 4.78 is 17.0. The molecule has 11 heavy (non-hydrogen) atoms. The Hall–Kier alpha value is 0.0438. The van der Waals surface area contributed by atoms with Gasteiger partial charge in [-0.2, -0.15) is 0 Å². The molecule has 0 unspecified atom stereocenters. The van der Waals surface area contributed by atoms with Crippen molar-refractivity contribution in [1.29, 1.82) is 4.89 Å². The van der Waals surface area contributed by atoms with Gasteiger partial charge in [-0.15, -0.1) is 0 Å². The van der Waals surface area contributed by atoms with Gasteiger partial charge in [0.2, 0.25) is 0 Å². The van der Waals surface area contributed by atoms with Crippen molar-refractivity contribution in [2.45, 2.75) is 0 Å².